The predicted octanol–water partition coefficient (Wildman–Crippen LogP) is 4.27. The highest BCUT2D eigenvalue weighted by Crippen LogP contribution is 2.24. The van der Waals surface area contributed by atoms with Gasteiger partial charge in [-0.1, -0.05) is 24.3 Å². The van der Waals surface area contributed by atoms with E-state index in [2.05, 4.69) is 21.3 Å². The summed E-state index contributed by atoms with van der Waals surface area (Å²) in [7, 11) is 0. The highest BCUT2D eigenvalue weighted by Gasteiger charge is 2.17. The summed E-state index contributed by atoms with van der Waals surface area (Å²) in [5.41, 5.74) is 8.12. The Labute approximate surface area is 165 Å². The van der Waals surface area contributed by atoms with Crippen LogP contribution in [0.2, 0.25) is 0 Å². The number of anilines is 3. The molecule has 0 fully saturated rings. The molecule has 0 saturated carbocycles. The molecule has 3 aromatic carbocycles. The van der Waals surface area contributed by atoms with Crippen LogP contribution in [0, 0.1) is 10.1 Å². The first-order chi connectivity index (χ1) is 14.1. The second-order valence-electron chi connectivity index (χ2n) is 6.15. The van der Waals surface area contributed by atoms with Gasteiger partial charge in [-0.15, -0.1) is 0 Å². The molecule has 0 radical (unpaired) electrons. The van der Waals surface area contributed by atoms with Gasteiger partial charge in [-0.25, -0.2) is 10.2 Å². The molecule has 9 nitrogen and oxygen atoms in total. The molecule has 9 heteroatoms. The van der Waals surface area contributed by atoms with Crippen molar-refractivity contribution in [2.45, 2.75) is 0 Å². The molecule has 1 heterocycles. The van der Waals surface area contributed by atoms with Crippen molar-refractivity contribution < 1.29 is 9.72 Å². The molecule has 0 bridgehead atoms. The summed E-state index contributed by atoms with van der Waals surface area (Å²) in [5, 5.41) is 18.6. The van der Waals surface area contributed by atoms with Crippen LogP contribution in [0.15, 0.2) is 79.0 Å². The van der Waals surface area contributed by atoms with E-state index in [0.717, 1.165) is 16.1 Å². The molecule has 0 aliphatic heterocycles. The van der Waals surface area contributed by atoms with E-state index in [4.69, 9.17) is 0 Å². The zero-order valence-corrected chi connectivity index (χ0v) is 15.1. The van der Waals surface area contributed by atoms with Crippen molar-refractivity contribution in [3.8, 4) is 0 Å². The minimum Gasteiger partial charge on any atom is -0.356 e. The number of fused-ring (bicyclic) bond motifs is 1. The summed E-state index contributed by atoms with van der Waals surface area (Å²) < 4.78 is 1.07. The molecule has 0 aliphatic carbocycles. The number of nitrogens with one attached hydrogen (secondary N) is 3. The molecule has 0 spiro atoms. The summed E-state index contributed by atoms with van der Waals surface area (Å²) in [6.45, 7) is 0. The minimum atomic E-state index is -0.563. The number of hydrazine groups is 1. The summed E-state index contributed by atoms with van der Waals surface area (Å²) in [6, 6.07) is 21.0. The van der Waals surface area contributed by atoms with Crippen LogP contribution in [0.5, 0.6) is 0 Å². The lowest BCUT2D eigenvalue weighted by Gasteiger charge is -2.10. The van der Waals surface area contributed by atoms with Gasteiger partial charge < -0.3 is 5.32 Å². The van der Waals surface area contributed by atoms with Gasteiger partial charge >= 0.3 is 6.03 Å². The van der Waals surface area contributed by atoms with Gasteiger partial charge in [0, 0.05) is 17.4 Å². The summed E-state index contributed by atoms with van der Waals surface area (Å²) in [6.07, 6.45) is 1.30. The van der Waals surface area contributed by atoms with Crippen LogP contribution in [0.25, 0.3) is 10.9 Å². The van der Waals surface area contributed by atoms with Crippen LogP contribution < -0.4 is 16.2 Å². The van der Waals surface area contributed by atoms with Crippen LogP contribution in [0.4, 0.5) is 27.5 Å². The number of rotatable bonds is 5. The average molecular weight is 388 g/mol. The zero-order valence-electron chi connectivity index (χ0n) is 15.1. The van der Waals surface area contributed by atoms with E-state index in [0.29, 0.717) is 16.6 Å². The number of nitro benzene ring substituents is 1. The van der Waals surface area contributed by atoms with Gasteiger partial charge in [0.15, 0.2) is 0 Å². The van der Waals surface area contributed by atoms with Gasteiger partial charge in [0.05, 0.1) is 27.7 Å². The quantitative estimate of drug-likeness (QED) is 0.347. The summed E-state index contributed by atoms with van der Waals surface area (Å²) in [4.78, 5) is 23.0. The van der Waals surface area contributed by atoms with Crippen molar-refractivity contribution in [3.63, 3.8) is 0 Å². The third-order valence-electron chi connectivity index (χ3n) is 4.24. The molecule has 0 atom stereocenters. The second-order valence-corrected chi connectivity index (χ2v) is 6.15. The number of non-ortho nitro benzene ring substituents is 1. The molecule has 1 aromatic heterocycles. The minimum absolute atomic E-state index is 0.101. The SMILES string of the molecule is O=C(NNc1ccc(Nc2ccccc2)cc1)n1ncc2c([N+](=O)[O-])cccc21. The molecular formula is C20H16N6O3. The van der Waals surface area contributed by atoms with Crippen LogP contribution in [0.1, 0.15) is 0 Å². The summed E-state index contributed by atoms with van der Waals surface area (Å²) >= 11 is 0. The molecule has 4 aromatic rings. The highest BCUT2D eigenvalue weighted by molar-refractivity contribution is 5.94. The van der Waals surface area contributed by atoms with Crippen molar-refractivity contribution in [1.82, 2.24) is 15.2 Å². The Bertz CT molecular complexity index is 1170. The van der Waals surface area contributed by atoms with E-state index in [1.807, 2.05) is 42.5 Å². The van der Waals surface area contributed by atoms with Crippen molar-refractivity contribution >= 4 is 39.7 Å². The molecule has 0 aliphatic rings. The molecule has 0 unspecified atom stereocenters. The maximum absolute atomic E-state index is 12.4. The lowest BCUT2D eigenvalue weighted by atomic mass is 10.2. The first-order valence-electron chi connectivity index (χ1n) is 8.71. The summed E-state index contributed by atoms with van der Waals surface area (Å²) in [5.74, 6) is 0. The second kappa shape index (κ2) is 7.69. The Morgan fingerprint density at radius 2 is 1.59 bits per heavy atom. The standard InChI is InChI=1S/C20H16N6O3/c27-20(25-18-7-4-8-19(26(28)29)17(18)13-21-25)24-23-16-11-9-15(10-12-16)22-14-5-2-1-3-6-14/h1-13,22-23H,(H,24,27). The zero-order chi connectivity index (χ0) is 20.2. The number of hydrogen-bond donors (Lipinski definition) is 3. The number of nitrogens with zero attached hydrogens (tertiary/aromatic N) is 3. The van der Waals surface area contributed by atoms with E-state index in [-0.39, 0.29) is 5.69 Å². The van der Waals surface area contributed by atoms with E-state index in [1.165, 1.54) is 18.3 Å². The average Bonchev–Trinajstić information content (AvgIpc) is 3.18. The van der Waals surface area contributed by atoms with E-state index < -0.39 is 11.0 Å². The van der Waals surface area contributed by atoms with Crippen LogP contribution >= 0.6 is 0 Å². The van der Waals surface area contributed by atoms with Crippen LogP contribution in [-0.2, 0) is 0 Å². The van der Waals surface area contributed by atoms with Gasteiger partial charge in [0.2, 0.25) is 0 Å². The molecule has 0 saturated heterocycles. The molecule has 4 rings (SSSR count). The third-order valence-corrected chi connectivity index (χ3v) is 4.24. The normalized spacial score (nSPS) is 10.5. The number of benzene rings is 3. The number of aromatic nitrogens is 2. The van der Waals surface area contributed by atoms with Gasteiger partial charge in [-0.3, -0.25) is 15.5 Å². The highest BCUT2D eigenvalue weighted by atomic mass is 16.6. The fourth-order valence-corrected chi connectivity index (χ4v) is 2.86. The third kappa shape index (κ3) is 3.83. The van der Waals surface area contributed by atoms with Crippen molar-refractivity contribution in [2.24, 2.45) is 0 Å². The van der Waals surface area contributed by atoms with E-state index in [1.54, 1.807) is 18.2 Å². The van der Waals surface area contributed by atoms with Gasteiger partial charge in [-0.05, 0) is 42.5 Å². The fraction of sp³-hybridized carbons (Fsp3) is 0. The number of amides is 1. The molecule has 3 N–H and O–H groups in total. The van der Waals surface area contributed by atoms with E-state index in [9.17, 15) is 14.9 Å². The molecule has 29 heavy (non-hydrogen) atoms. The molecule has 144 valence electrons. The predicted molar refractivity (Wildman–Crippen MR) is 110 cm³/mol. The fourth-order valence-electron chi connectivity index (χ4n) is 2.86. The number of para-hydroxylation sites is 1. The smallest absolute Gasteiger partial charge is 0.356 e. The Hall–Kier alpha value is -4.40. The van der Waals surface area contributed by atoms with Crippen LogP contribution in [0.3, 0.4) is 0 Å². The molecule has 1 amide bonds. The van der Waals surface area contributed by atoms with Gasteiger partial charge in [-0.2, -0.15) is 9.78 Å². The van der Waals surface area contributed by atoms with E-state index >= 15 is 0 Å². The molecular weight excluding hydrogens is 372 g/mol. The van der Waals surface area contributed by atoms with Gasteiger partial charge in [0.25, 0.3) is 5.69 Å². The lowest BCUT2D eigenvalue weighted by Crippen LogP contribution is -2.33. The number of carbonyl (C=O) groups excluding carboxylic acids is 1. The number of hydrogen-bond acceptors (Lipinski definition) is 6. The Kier molecular flexibility index (Phi) is 4.77. The van der Waals surface area contributed by atoms with Crippen molar-refractivity contribution in [2.75, 3.05) is 10.7 Å². The van der Waals surface area contributed by atoms with Crippen molar-refractivity contribution in [3.05, 3.63) is 89.1 Å². The first kappa shape index (κ1) is 18.0. The van der Waals surface area contributed by atoms with Gasteiger partial charge in [0.1, 0.15) is 0 Å². The number of nitro groups is 1. The van der Waals surface area contributed by atoms with Crippen LogP contribution in [-0.4, -0.2) is 20.7 Å². The first-order valence-corrected chi connectivity index (χ1v) is 8.71. The Balaban J connectivity index is 1.43. The number of carbonyl (C=O) groups is 1. The Morgan fingerprint density at radius 3 is 2.31 bits per heavy atom. The monoisotopic (exact) mass is 388 g/mol. The Morgan fingerprint density at radius 1 is 0.897 bits per heavy atom. The largest absolute Gasteiger partial charge is 0.361 e. The maximum Gasteiger partial charge on any atom is 0.361 e. The lowest BCUT2D eigenvalue weighted by molar-refractivity contribution is -0.383. The van der Waals surface area contributed by atoms with Crippen molar-refractivity contribution in [1.29, 1.82) is 0 Å². The topological polar surface area (TPSA) is 114 Å². The maximum atomic E-state index is 12.4.